The second-order valence-corrected chi connectivity index (χ2v) is 3.56. The van der Waals surface area contributed by atoms with Crippen LogP contribution in [0.5, 0.6) is 0 Å². The Morgan fingerprint density at radius 2 is 1.88 bits per heavy atom. The molecule has 0 aromatic heterocycles. The van der Waals surface area contributed by atoms with Crippen molar-refractivity contribution < 1.29 is 19.1 Å². The van der Waals surface area contributed by atoms with Gasteiger partial charge in [-0.25, -0.2) is 0 Å². The van der Waals surface area contributed by atoms with E-state index in [0.29, 0.717) is 26.3 Å². The lowest BCUT2D eigenvalue weighted by atomic mass is 10.0. The van der Waals surface area contributed by atoms with Crippen molar-refractivity contribution >= 4 is 17.5 Å². The first-order chi connectivity index (χ1) is 7.68. The highest BCUT2D eigenvalue weighted by atomic mass is 16.5. The van der Waals surface area contributed by atoms with Gasteiger partial charge in [0, 0.05) is 19.2 Å². The highest BCUT2D eigenvalue weighted by molar-refractivity contribution is 6.30. The number of ether oxygens (including phenoxy) is 1. The number of nitrogens with zero attached hydrogens (tertiary/aromatic N) is 1. The van der Waals surface area contributed by atoms with Crippen LogP contribution >= 0.6 is 0 Å². The Morgan fingerprint density at radius 1 is 1.19 bits per heavy atom. The fourth-order valence-electron chi connectivity index (χ4n) is 1.61. The van der Waals surface area contributed by atoms with E-state index in [1.165, 1.54) is 11.0 Å². The molecular weight excluding hydrogens is 210 g/mol. The Hall–Kier alpha value is -1.75. The van der Waals surface area contributed by atoms with E-state index in [0.717, 1.165) is 12.2 Å². The van der Waals surface area contributed by atoms with Gasteiger partial charge < -0.3 is 9.64 Å². The lowest BCUT2D eigenvalue weighted by Crippen LogP contribution is -2.42. The summed E-state index contributed by atoms with van der Waals surface area (Å²) in [5.41, 5.74) is -0.0469. The Morgan fingerprint density at radius 3 is 2.56 bits per heavy atom. The summed E-state index contributed by atoms with van der Waals surface area (Å²) in [6, 6.07) is 0. The molecule has 0 saturated carbocycles. The van der Waals surface area contributed by atoms with Crippen LogP contribution in [0.25, 0.3) is 0 Å². The van der Waals surface area contributed by atoms with Crippen LogP contribution in [0, 0.1) is 0 Å². The maximum Gasteiger partial charge on any atom is 0.258 e. The summed E-state index contributed by atoms with van der Waals surface area (Å²) in [7, 11) is 0. The second-order valence-electron chi connectivity index (χ2n) is 3.56. The number of hydrogen-bond acceptors (Lipinski definition) is 4. The predicted octanol–water partition coefficient (Wildman–Crippen LogP) is -0.520. The van der Waals surface area contributed by atoms with Crippen LogP contribution in [0.4, 0.5) is 0 Å². The second kappa shape index (κ2) is 4.40. The number of carbonyl (C=O) groups excluding carboxylic acids is 3. The molecule has 0 unspecified atom stereocenters. The molecule has 0 bridgehead atoms. The fourth-order valence-corrected chi connectivity index (χ4v) is 1.61. The van der Waals surface area contributed by atoms with Crippen molar-refractivity contribution in [2.24, 2.45) is 0 Å². The van der Waals surface area contributed by atoms with Gasteiger partial charge in [-0.3, -0.25) is 14.4 Å². The van der Waals surface area contributed by atoms with Crippen molar-refractivity contribution in [3.63, 3.8) is 0 Å². The lowest BCUT2D eigenvalue weighted by molar-refractivity contribution is -0.133. The molecule has 1 aliphatic carbocycles. The summed E-state index contributed by atoms with van der Waals surface area (Å²) >= 11 is 0. The van der Waals surface area contributed by atoms with Gasteiger partial charge in [-0.15, -0.1) is 0 Å². The number of rotatable bonds is 1. The third kappa shape index (κ3) is 2.09. The molecule has 5 heteroatoms. The molecule has 1 aliphatic heterocycles. The first-order valence-electron chi connectivity index (χ1n) is 5.03. The Labute approximate surface area is 92.4 Å². The summed E-state index contributed by atoms with van der Waals surface area (Å²) in [6.07, 6.45) is 3.40. The molecule has 0 N–H and O–H groups in total. The van der Waals surface area contributed by atoms with Crippen LogP contribution in [-0.2, 0) is 19.1 Å². The van der Waals surface area contributed by atoms with Gasteiger partial charge in [0.2, 0.25) is 0 Å². The predicted molar refractivity (Wildman–Crippen MR) is 54.6 cm³/mol. The molecule has 1 fully saturated rings. The zero-order chi connectivity index (χ0) is 11.5. The molecule has 1 saturated heterocycles. The Balaban J connectivity index is 2.14. The minimum absolute atomic E-state index is 0.0469. The van der Waals surface area contributed by atoms with Crippen molar-refractivity contribution in [2.75, 3.05) is 26.3 Å². The minimum atomic E-state index is -0.406. The zero-order valence-corrected chi connectivity index (χ0v) is 8.64. The SMILES string of the molecule is O=C1C=CC(=O)C(C(=O)N2CCOCC2)=C1. The molecule has 2 aliphatic rings. The van der Waals surface area contributed by atoms with E-state index in [2.05, 4.69) is 0 Å². The molecule has 0 atom stereocenters. The highest BCUT2D eigenvalue weighted by Gasteiger charge is 2.26. The molecule has 0 radical (unpaired) electrons. The van der Waals surface area contributed by atoms with Gasteiger partial charge in [-0.05, 0) is 12.2 Å². The number of ketones is 2. The van der Waals surface area contributed by atoms with Gasteiger partial charge >= 0.3 is 0 Å². The van der Waals surface area contributed by atoms with Gasteiger partial charge in [0.15, 0.2) is 11.6 Å². The topological polar surface area (TPSA) is 63.7 Å². The molecule has 84 valence electrons. The Bertz CT molecular complexity index is 402. The number of morpholine rings is 1. The van der Waals surface area contributed by atoms with Crippen molar-refractivity contribution in [2.45, 2.75) is 0 Å². The largest absolute Gasteiger partial charge is 0.378 e. The maximum absolute atomic E-state index is 11.9. The third-order valence-corrected chi connectivity index (χ3v) is 2.48. The molecule has 0 spiro atoms. The van der Waals surface area contributed by atoms with Crippen molar-refractivity contribution in [3.05, 3.63) is 23.8 Å². The number of amides is 1. The number of allylic oxidation sites excluding steroid dienone is 3. The van der Waals surface area contributed by atoms with E-state index in [-0.39, 0.29) is 17.3 Å². The van der Waals surface area contributed by atoms with Crippen LogP contribution in [0.3, 0.4) is 0 Å². The summed E-state index contributed by atoms with van der Waals surface area (Å²) < 4.78 is 5.11. The molecule has 1 amide bonds. The Kier molecular flexibility index (Phi) is 2.96. The molecule has 0 aromatic rings. The third-order valence-electron chi connectivity index (χ3n) is 2.48. The monoisotopic (exact) mass is 221 g/mol. The molecular formula is C11H11NO4. The van der Waals surface area contributed by atoms with Gasteiger partial charge in [0.05, 0.1) is 18.8 Å². The van der Waals surface area contributed by atoms with Gasteiger partial charge in [0.1, 0.15) is 0 Å². The molecule has 0 aromatic carbocycles. The fraction of sp³-hybridized carbons (Fsp3) is 0.364. The van der Waals surface area contributed by atoms with Crippen LogP contribution in [-0.4, -0.2) is 48.7 Å². The van der Waals surface area contributed by atoms with Crippen LogP contribution in [0.2, 0.25) is 0 Å². The average Bonchev–Trinajstić information content (AvgIpc) is 2.32. The smallest absolute Gasteiger partial charge is 0.258 e. The normalized spacial score (nSPS) is 21.0. The molecule has 1 heterocycles. The summed E-state index contributed by atoms with van der Waals surface area (Å²) in [5, 5.41) is 0. The van der Waals surface area contributed by atoms with E-state index < -0.39 is 5.78 Å². The van der Waals surface area contributed by atoms with E-state index in [1.54, 1.807) is 0 Å². The van der Waals surface area contributed by atoms with Gasteiger partial charge in [-0.2, -0.15) is 0 Å². The van der Waals surface area contributed by atoms with Gasteiger partial charge in [0.25, 0.3) is 5.91 Å². The van der Waals surface area contributed by atoms with Crippen molar-refractivity contribution in [1.82, 2.24) is 4.90 Å². The van der Waals surface area contributed by atoms with Gasteiger partial charge in [-0.1, -0.05) is 0 Å². The molecule has 2 rings (SSSR count). The maximum atomic E-state index is 11.9. The molecule has 16 heavy (non-hydrogen) atoms. The first kappa shape index (κ1) is 10.8. The first-order valence-corrected chi connectivity index (χ1v) is 5.03. The van der Waals surface area contributed by atoms with E-state index >= 15 is 0 Å². The summed E-state index contributed by atoms with van der Waals surface area (Å²) in [6.45, 7) is 1.86. The molecule has 5 nitrogen and oxygen atoms in total. The standard InChI is InChI=1S/C11H11NO4/c13-8-1-2-10(14)9(7-8)11(15)12-3-5-16-6-4-12/h1-2,7H,3-6H2. The van der Waals surface area contributed by atoms with Crippen LogP contribution in [0.15, 0.2) is 23.8 Å². The average molecular weight is 221 g/mol. The number of carbonyl (C=O) groups is 3. The lowest BCUT2D eigenvalue weighted by Gasteiger charge is -2.27. The van der Waals surface area contributed by atoms with Crippen molar-refractivity contribution in [3.8, 4) is 0 Å². The van der Waals surface area contributed by atoms with Crippen LogP contribution in [0.1, 0.15) is 0 Å². The van der Waals surface area contributed by atoms with Crippen LogP contribution < -0.4 is 0 Å². The van der Waals surface area contributed by atoms with E-state index in [1.807, 2.05) is 0 Å². The number of hydrogen-bond donors (Lipinski definition) is 0. The summed E-state index contributed by atoms with van der Waals surface area (Å²) in [5.74, 6) is -1.11. The highest BCUT2D eigenvalue weighted by Crippen LogP contribution is 2.10. The zero-order valence-electron chi connectivity index (χ0n) is 8.64. The van der Waals surface area contributed by atoms with E-state index in [4.69, 9.17) is 4.74 Å². The quantitative estimate of drug-likeness (QED) is 0.441. The minimum Gasteiger partial charge on any atom is -0.378 e. The van der Waals surface area contributed by atoms with E-state index in [9.17, 15) is 14.4 Å². The van der Waals surface area contributed by atoms with Crippen molar-refractivity contribution in [1.29, 1.82) is 0 Å². The summed E-state index contributed by atoms with van der Waals surface area (Å²) in [4.78, 5) is 36.0.